The summed E-state index contributed by atoms with van der Waals surface area (Å²) in [6.45, 7) is 13.4. The lowest BCUT2D eigenvalue weighted by Crippen LogP contribution is -2.33. The highest BCUT2D eigenvalue weighted by Gasteiger charge is 2.33. The Morgan fingerprint density at radius 3 is 1.62 bits per heavy atom. The molecule has 3 heterocycles. The number of halogens is 1. The minimum Gasteiger partial charge on any atom is -0.451 e. The molecule has 71 heavy (non-hydrogen) atoms. The monoisotopic (exact) mass is 1090 g/mol. The predicted octanol–water partition coefficient (Wildman–Crippen LogP) is 10.6. The van der Waals surface area contributed by atoms with Crippen molar-refractivity contribution in [2.75, 3.05) is 29.8 Å². The number of aromatic nitrogens is 4. The van der Waals surface area contributed by atoms with E-state index >= 15 is 0 Å². The number of nitrogens with two attached hydrogens (primary N) is 1. The van der Waals surface area contributed by atoms with Crippen LogP contribution in [0.15, 0.2) is 85.2 Å². The second kappa shape index (κ2) is 23.4. The van der Waals surface area contributed by atoms with Gasteiger partial charge in [0, 0.05) is 29.7 Å². The van der Waals surface area contributed by atoms with Crippen molar-refractivity contribution in [3.63, 3.8) is 0 Å². The number of fused-ring (bicyclic) bond motifs is 4. The third-order valence-corrected chi connectivity index (χ3v) is 12.1. The van der Waals surface area contributed by atoms with Crippen LogP contribution in [0.25, 0.3) is 21.8 Å². The molecule has 3 aliphatic rings. The number of imide groups is 1. The summed E-state index contributed by atoms with van der Waals surface area (Å²) in [5.74, 6) is -1.15. The summed E-state index contributed by atoms with van der Waals surface area (Å²) >= 11 is 2.15. The minimum absolute atomic E-state index is 0. The lowest BCUT2D eigenvalue weighted by atomic mass is 9.85. The molecule has 0 unspecified atom stereocenters. The first kappa shape index (κ1) is 55.1. The van der Waals surface area contributed by atoms with Crippen molar-refractivity contribution in [1.29, 1.82) is 0 Å². The number of methoxy groups -OCH3 is 2. The lowest BCUT2D eigenvalue weighted by Gasteiger charge is -2.21. The summed E-state index contributed by atoms with van der Waals surface area (Å²) in [4.78, 5) is 77.6. The highest BCUT2D eigenvalue weighted by Crippen LogP contribution is 2.36. The fourth-order valence-corrected chi connectivity index (χ4v) is 8.33. The molecule has 6 aromatic rings. The van der Waals surface area contributed by atoms with Crippen LogP contribution in [0.1, 0.15) is 120 Å². The van der Waals surface area contributed by atoms with Gasteiger partial charge in [-0.25, -0.2) is 19.2 Å². The number of alkyl halides is 1. The summed E-state index contributed by atoms with van der Waals surface area (Å²) in [7, 11) is 2.52. The first-order valence-electron chi connectivity index (χ1n) is 22.7. The molecule has 1 fully saturated rings. The van der Waals surface area contributed by atoms with Crippen LogP contribution in [-0.4, -0.2) is 79.9 Å². The van der Waals surface area contributed by atoms with Crippen molar-refractivity contribution in [2.24, 2.45) is 5.73 Å². The van der Waals surface area contributed by atoms with Gasteiger partial charge >= 0.3 is 24.3 Å². The van der Waals surface area contributed by atoms with Crippen molar-refractivity contribution in [1.82, 2.24) is 29.9 Å². The van der Waals surface area contributed by atoms with E-state index in [1.165, 1.54) is 58.5 Å². The Kier molecular flexibility index (Phi) is 18.1. The fraction of sp³-hybridized carbons (Fsp3) is 0.385. The van der Waals surface area contributed by atoms with Crippen molar-refractivity contribution in [2.45, 2.75) is 110 Å². The van der Waals surface area contributed by atoms with Crippen LogP contribution < -0.4 is 21.7 Å². The number of anilines is 2. The number of hydroxylamine groups is 2. The largest absolute Gasteiger partial charge is 0.451 e. The highest BCUT2D eigenvalue weighted by molar-refractivity contribution is 14.1. The quantitative estimate of drug-likeness (QED) is 0.0734. The number of urea groups is 1. The zero-order valence-corrected chi connectivity index (χ0v) is 43.0. The smallest absolute Gasteiger partial charge is 0.436 e. The SMILES string of the molecule is C.CC(C)(C)c1ccc2c(c1)CC[C@H]2N.CI.COC(=O)n1ncc2c(NC(=O)N[C@H]3CCc4cc(C(C)(C)C)ccc43)cccc21.COC(=O)n1ncc2c(NC(=O)ON3C(=O)CCC3=O)cccc21. The van der Waals surface area contributed by atoms with Gasteiger partial charge in [0.1, 0.15) is 0 Å². The number of aryl methyl sites for hydroxylation is 2. The van der Waals surface area contributed by atoms with Crippen LogP contribution in [0.4, 0.5) is 30.6 Å². The molecule has 19 heteroatoms. The first-order valence-corrected chi connectivity index (χ1v) is 24.9. The second-order valence-corrected chi connectivity index (χ2v) is 18.8. The Bertz CT molecular complexity index is 2920. The van der Waals surface area contributed by atoms with Crippen LogP contribution in [0.5, 0.6) is 0 Å². The van der Waals surface area contributed by atoms with Crippen LogP contribution in [0.3, 0.4) is 0 Å². The Labute approximate surface area is 427 Å². The molecular formula is C52H64IN9O9. The van der Waals surface area contributed by atoms with E-state index in [0.29, 0.717) is 38.2 Å². The number of nitrogens with zero attached hydrogens (tertiary/aromatic N) is 5. The summed E-state index contributed by atoms with van der Waals surface area (Å²) in [6, 6.07) is 23.3. The Hall–Kier alpha value is -6.87. The van der Waals surface area contributed by atoms with E-state index in [4.69, 9.17) is 15.3 Å². The van der Waals surface area contributed by atoms with Gasteiger partial charge in [-0.05, 0) is 99.1 Å². The molecule has 1 saturated heterocycles. The lowest BCUT2D eigenvalue weighted by molar-refractivity contribution is -0.170. The topological polar surface area (TPSA) is 231 Å². The van der Waals surface area contributed by atoms with Gasteiger partial charge in [-0.15, -0.1) is 5.06 Å². The van der Waals surface area contributed by atoms with Gasteiger partial charge in [-0.3, -0.25) is 14.9 Å². The average molecular weight is 1090 g/mol. The summed E-state index contributed by atoms with van der Waals surface area (Å²) < 4.78 is 11.5. The maximum atomic E-state index is 12.7. The number of ether oxygens (including phenoxy) is 2. The molecule has 2 aromatic heterocycles. The van der Waals surface area contributed by atoms with Gasteiger partial charge in [0.25, 0.3) is 11.8 Å². The number of rotatable bonds is 4. The van der Waals surface area contributed by atoms with Gasteiger partial charge in [0.2, 0.25) is 0 Å². The number of nitrogens with one attached hydrogen (secondary N) is 3. The molecule has 4 aromatic carbocycles. The van der Waals surface area contributed by atoms with Crippen molar-refractivity contribution < 1.29 is 43.1 Å². The molecule has 378 valence electrons. The Balaban J connectivity index is 0.000000204. The van der Waals surface area contributed by atoms with Gasteiger partial charge in [0.05, 0.1) is 55.1 Å². The number of amides is 5. The van der Waals surface area contributed by atoms with Crippen LogP contribution >= 0.6 is 22.6 Å². The third-order valence-electron chi connectivity index (χ3n) is 12.1. The van der Waals surface area contributed by atoms with Gasteiger partial charge in [0.15, 0.2) is 0 Å². The van der Waals surface area contributed by atoms with Crippen LogP contribution in [-0.2, 0) is 47.6 Å². The molecule has 0 spiro atoms. The van der Waals surface area contributed by atoms with Crippen LogP contribution in [0, 0.1) is 0 Å². The maximum absolute atomic E-state index is 12.7. The van der Waals surface area contributed by atoms with E-state index in [-0.39, 0.29) is 49.2 Å². The molecule has 18 nitrogen and oxygen atoms in total. The number of hydrogen-bond acceptors (Lipinski definition) is 12. The third kappa shape index (κ3) is 12.7. The second-order valence-electron chi connectivity index (χ2n) is 18.8. The van der Waals surface area contributed by atoms with Crippen molar-refractivity contribution in [3.05, 3.63) is 119 Å². The van der Waals surface area contributed by atoms with E-state index in [2.05, 4.69) is 131 Å². The standard InChI is InChI=1S/C23H26N4O3.C14H12N4O6.C13H19N.CH3I.CH4/c1-23(2,3)15-9-10-16-14(12-15)8-11-19(16)26-21(28)25-18-6-5-7-20-17(18)13-24-27(20)22(29)30-4;1-23-14(22)17-10-4-2-3-9(8(10)7-15-17)16-13(21)24-18-11(19)5-6-12(18)20;1-13(2,3)10-5-6-11-9(8-10)4-7-12(11)14;1-2;/h5-7,9-10,12-13,19H,8,11H2,1-4H3,(H2,25,26,28);2-4,7H,5-6H2,1H3,(H,16,21);5-6,8,12H,4,7,14H2,1-3H3;1H3;1H4/t19-;;12-;;/m0.1../s1. The normalized spacial score (nSPS) is 15.6. The van der Waals surface area contributed by atoms with Crippen molar-refractivity contribution >= 4 is 91.9 Å². The van der Waals surface area contributed by atoms with E-state index in [1.54, 1.807) is 42.6 Å². The summed E-state index contributed by atoms with van der Waals surface area (Å²) in [6.07, 6.45) is 4.75. The molecule has 9 rings (SSSR count). The first-order chi connectivity index (χ1) is 33.3. The van der Waals surface area contributed by atoms with E-state index in [0.717, 1.165) is 30.4 Å². The predicted molar refractivity (Wildman–Crippen MR) is 282 cm³/mol. The van der Waals surface area contributed by atoms with E-state index < -0.39 is 30.1 Å². The summed E-state index contributed by atoms with van der Waals surface area (Å²) in [5, 5.41) is 17.9. The Morgan fingerprint density at radius 1 is 0.662 bits per heavy atom. The number of hydrogen-bond donors (Lipinski definition) is 4. The highest BCUT2D eigenvalue weighted by atomic mass is 127. The number of benzene rings is 4. The van der Waals surface area contributed by atoms with Gasteiger partial charge < -0.3 is 30.7 Å². The molecule has 2 atom stereocenters. The van der Waals surface area contributed by atoms with E-state index in [9.17, 15) is 28.8 Å². The van der Waals surface area contributed by atoms with E-state index in [1.807, 2.05) is 4.93 Å². The van der Waals surface area contributed by atoms with Gasteiger partial charge in [-0.1, -0.05) is 120 Å². The minimum atomic E-state index is -1.00. The zero-order chi connectivity index (χ0) is 51.1. The molecule has 2 aliphatic carbocycles. The fourth-order valence-electron chi connectivity index (χ4n) is 8.33. The molecule has 1 aliphatic heterocycles. The number of carbonyl (C=O) groups is 6. The molecule has 5 N–H and O–H groups in total. The zero-order valence-electron chi connectivity index (χ0n) is 40.8. The van der Waals surface area contributed by atoms with Gasteiger partial charge in [-0.2, -0.15) is 19.6 Å². The molecule has 5 amide bonds. The maximum Gasteiger partial charge on any atom is 0.436 e. The average Bonchev–Trinajstić information content (AvgIpc) is 4.19. The molecule has 0 saturated carbocycles. The van der Waals surface area contributed by atoms with Crippen LogP contribution in [0.2, 0.25) is 0 Å². The molecule has 0 bridgehead atoms. The molecule has 0 radical (unpaired) electrons. The summed E-state index contributed by atoms with van der Waals surface area (Å²) in [5.41, 5.74) is 16.2. The number of carbonyl (C=O) groups excluding carboxylic acids is 6. The molecular weight excluding hydrogens is 1020 g/mol. The Morgan fingerprint density at radius 2 is 1.13 bits per heavy atom. The van der Waals surface area contributed by atoms with Crippen molar-refractivity contribution in [3.8, 4) is 0 Å².